The highest BCUT2D eigenvalue weighted by atomic mass is 16.2. The van der Waals surface area contributed by atoms with Crippen molar-refractivity contribution in [2.24, 2.45) is 0 Å². The first-order valence-electron chi connectivity index (χ1n) is 5.34. The molecule has 0 aliphatic heterocycles. The molecule has 1 N–H and O–H groups in total. The van der Waals surface area contributed by atoms with Crippen LogP contribution in [0, 0.1) is 0 Å². The number of rotatable bonds is 6. The predicted octanol–water partition coefficient (Wildman–Crippen LogP) is 0.0997. The van der Waals surface area contributed by atoms with Crippen molar-refractivity contribution in [2.45, 2.75) is 25.9 Å². The van der Waals surface area contributed by atoms with Crippen LogP contribution in [0.4, 0.5) is 0 Å². The van der Waals surface area contributed by atoms with E-state index in [1.54, 1.807) is 12.5 Å². The number of nitrogens with zero attached hydrogens (tertiary/aromatic N) is 5. The van der Waals surface area contributed by atoms with Crippen molar-refractivity contribution < 1.29 is 5.11 Å². The molecule has 2 aromatic heterocycles. The Labute approximate surface area is 93.5 Å². The number of aliphatic hydroxyl groups is 1. The van der Waals surface area contributed by atoms with Crippen LogP contribution in [-0.4, -0.2) is 36.3 Å². The van der Waals surface area contributed by atoms with Gasteiger partial charge >= 0.3 is 0 Å². The third-order valence-corrected chi connectivity index (χ3v) is 2.32. The van der Waals surface area contributed by atoms with Gasteiger partial charge in [0.1, 0.15) is 0 Å². The van der Waals surface area contributed by atoms with Gasteiger partial charge in [-0.3, -0.25) is 4.68 Å². The minimum atomic E-state index is 0.196. The standard InChI is InChI=1S/C10H15N5O/c16-7-1-2-10-8-15(13-12-10)6-5-14-4-3-11-9-14/h3-4,8-9,16H,1-2,5-7H2. The summed E-state index contributed by atoms with van der Waals surface area (Å²) in [6, 6.07) is 0. The zero-order chi connectivity index (χ0) is 11.2. The maximum Gasteiger partial charge on any atom is 0.0946 e. The van der Waals surface area contributed by atoms with Crippen LogP contribution in [0.5, 0.6) is 0 Å². The Morgan fingerprint density at radius 1 is 1.31 bits per heavy atom. The van der Waals surface area contributed by atoms with Gasteiger partial charge in [-0.05, 0) is 12.8 Å². The summed E-state index contributed by atoms with van der Waals surface area (Å²) in [6.45, 7) is 1.81. The minimum Gasteiger partial charge on any atom is -0.396 e. The lowest BCUT2D eigenvalue weighted by Gasteiger charge is -2.00. The highest BCUT2D eigenvalue weighted by Gasteiger charge is 2.00. The van der Waals surface area contributed by atoms with Gasteiger partial charge < -0.3 is 9.67 Å². The van der Waals surface area contributed by atoms with Crippen molar-refractivity contribution in [1.82, 2.24) is 24.5 Å². The molecule has 2 aromatic rings. The molecule has 0 aliphatic rings. The van der Waals surface area contributed by atoms with E-state index in [2.05, 4.69) is 15.3 Å². The Morgan fingerprint density at radius 2 is 2.25 bits per heavy atom. The SMILES string of the molecule is OCCCc1cn(CCn2ccnc2)nn1. The van der Waals surface area contributed by atoms with Gasteiger partial charge in [-0.25, -0.2) is 4.98 Å². The van der Waals surface area contributed by atoms with Crippen molar-refractivity contribution in [3.05, 3.63) is 30.6 Å². The Morgan fingerprint density at radius 3 is 3.00 bits per heavy atom. The molecule has 0 unspecified atom stereocenters. The number of hydrogen-bond donors (Lipinski definition) is 1. The van der Waals surface area contributed by atoms with Crippen LogP contribution in [0.3, 0.4) is 0 Å². The Hall–Kier alpha value is -1.69. The molecular weight excluding hydrogens is 206 g/mol. The Bertz CT molecular complexity index is 409. The van der Waals surface area contributed by atoms with Crippen LogP contribution in [0.25, 0.3) is 0 Å². The van der Waals surface area contributed by atoms with E-state index in [-0.39, 0.29) is 6.61 Å². The molecule has 0 aromatic carbocycles. The minimum absolute atomic E-state index is 0.196. The first-order chi connectivity index (χ1) is 7.88. The fraction of sp³-hybridized carbons (Fsp3) is 0.500. The lowest BCUT2D eigenvalue weighted by Crippen LogP contribution is -2.06. The van der Waals surface area contributed by atoms with Crippen molar-refractivity contribution in [3.8, 4) is 0 Å². The molecule has 2 rings (SSSR count). The summed E-state index contributed by atoms with van der Waals surface area (Å²) in [5.74, 6) is 0. The summed E-state index contributed by atoms with van der Waals surface area (Å²) in [5, 5.41) is 16.7. The lowest BCUT2D eigenvalue weighted by molar-refractivity contribution is 0.288. The van der Waals surface area contributed by atoms with Gasteiger partial charge in [0.15, 0.2) is 0 Å². The second-order valence-electron chi connectivity index (χ2n) is 3.60. The summed E-state index contributed by atoms with van der Waals surface area (Å²) < 4.78 is 3.81. The molecule has 6 nitrogen and oxygen atoms in total. The van der Waals surface area contributed by atoms with Crippen LogP contribution in [-0.2, 0) is 19.5 Å². The molecule has 0 radical (unpaired) electrons. The number of aromatic nitrogens is 5. The Kier molecular flexibility index (Phi) is 3.66. The van der Waals surface area contributed by atoms with E-state index in [1.165, 1.54) is 0 Å². The van der Waals surface area contributed by atoms with Crippen molar-refractivity contribution in [2.75, 3.05) is 6.61 Å². The molecule has 2 heterocycles. The molecule has 0 aliphatic carbocycles. The van der Waals surface area contributed by atoms with E-state index in [0.717, 1.165) is 31.6 Å². The fourth-order valence-corrected chi connectivity index (χ4v) is 1.46. The predicted molar refractivity (Wildman–Crippen MR) is 57.7 cm³/mol. The molecule has 86 valence electrons. The molecule has 0 saturated heterocycles. The van der Waals surface area contributed by atoms with Gasteiger partial charge in [0.2, 0.25) is 0 Å². The molecule has 0 bridgehead atoms. The molecule has 0 amide bonds. The van der Waals surface area contributed by atoms with Gasteiger partial charge in [-0.15, -0.1) is 5.10 Å². The monoisotopic (exact) mass is 221 g/mol. The maximum absolute atomic E-state index is 8.70. The number of aryl methyl sites for hydroxylation is 3. The quantitative estimate of drug-likeness (QED) is 0.751. The second kappa shape index (κ2) is 5.41. The molecule has 0 spiro atoms. The van der Waals surface area contributed by atoms with E-state index in [9.17, 15) is 0 Å². The molecule has 0 atom stereocenters. The van der Waals surface area contributed by atoms with Gasteiger partial charge in [0.25, 0.3) is 0 Å². The van der Waals surface area contributed by atoms with Crippen LogP contribution >= 0.6 is 0 Å². The summed E-state index contributed by atoms with van der Waals surface area (Å²) >= 11 is 0. The fourth-order valence-electron chi connectivity index (χ4n) is 1.46. The Balaban J connectivity index is 1.83. The van der Waals surface area contributed by atoms with E-state index < -0.39 is 0 Å². The van der Waals surface area contributed by atoms with E-state index in [4.69, 9.17) is 5.11 Å². The summed E-state index contributed by atoms with van der Waals surface area (Å²) in [7, 11) is 0. The number of hydrogen-bond acceptors (Lipinski definition) is 4. The van der Waals surface area contributed by atoms with E-state index in [1.807, 2.05) is 21.6 Å². The first-order valence-corrected chi connectivity index (χ1v) is 5.34. The van der Waals surface area contributed by atoms with Gasteiger partial charge in [0.05, 0.1) is 18.6 Å². The average molecular weight is 221 g/mol. The third kappa shape index (κ3) is 2.90. The summed E-state index contributed by atoms with van der Waals surface area (Å²) in [4.78, 5) is 3.97. The smallest absolute Gasteiger partial charge is 0.0946 e. The molecule has 16 heavy (non-hydrogen) atoms. The molecule has 0 fully saturated rings. The van der Waals surface area contributed by atoms with Crippen molar-refractivity contribution in [1.29, 1.82) is 0 Å². The second-order valence-corrected chi connectivity index (χ2v) is 3.60. The van der Waals surface area contributed by atoms with Crippen LogP contribution < -0.4 is 0 Å². The third-order valence-electron chi connectivity index (χ3n) is 2.32. The maximum atomic E-state index is 8.70. The zero-order valence-electron chi connectivity index (χ0n) is 9.03. The summed E-state index contributed by atoms with van der Waals surface area (Å²) in [5.41, 5.74) is 0.930. The van der Waals surface area contributed by atoms with E-state index in [0.29, 0.717) is 0 Å². The van der Waals surface area contributed by atoms with Gasteiger partial charge in [-0.2, -0.15) is 0 Å². The van der Waals surface area contributed by atoms with Gasteiger partial charge in [-0.1, -0.05) is 5.21 Å². The molecule has 0 saturated carbocycles. The highest BCUT2D eigenvalue weighted by Crippen LogP contribution is 1.98. The van der Waals surface area contributed by atoms with E-state index >= 15 is 0 Å². The lowest BCUT2D eigenvalue weighted by atomic mass is 10.3. The largest absolute Gasteiger partial charge is 0.396 e. The van der Waals surface area contributed by atoms with Crippen molar-refractivity contribution >= 4 is 0 Å². The zero-order valence-corrected chi connectivity index (χ0v) is 9.03. The molecule has 6 heteroatoms. The normalized spacial score (nSPS) is 10.8. The highest BCUT2D eigenvalue weighted by molar-refractivity contribution is 4.92. The summed E-state index contributed by atoms with van der Waals surface area (Å²) in [6.07, 6.45) is 8.90. The van der Waals surface area contributed by atoms with Crippen LogP contribution in [0.2, 0.25) is 0 Å². The number of imidazole rings is 1. The van der Waals surface area contributed by atoms with Crippen LogP contribution in [0.15, 0.2) is 24.9 Å². The number of aliphatic hydroxyl groups excluding tert-OH is 1. The van der Waals surface area contributed by atoms with Crippen molar-refractivity contribution in [3.63, 3.8) is 0 Å². The first kappa shape index (κ1) is 10.8. The van der Waals surface area contributed by atoms with Gasteiger partial charge in [0, 0.05) is 31.7 Å². The van der Waals surface area contributed by atoms with Crippen LogP contribution in [0.1, 0.15) is 12.1 Å². The average Bonchev–Trinajstić information content (AvgIpc) is 2.95. The topological polar surface area (TPSA) is 68.8 Å². The molecular formula is C10H15N5O.